The topological polar surface area (TPSA) is 77.5 Å². The van der Waals surface area contributed by atoms with Gasteiger partial charge in [0.2, 0.25) is 0 Å². The average Bonchev–Trinajstić information content (AvgIpc) is 2.82. The van der Waals surface area contributed by atoms with E-state index in [2.05, 4.69) is 41.5 Å². The highest BCUT2D eigenvalue weighted by atomic mass is 16.5. The molecule has 8 atom stereocenters. The van der Waals surface area contributed by atoms with Crippen molar-refractivity contribution in [1.82, 2.24) is 0 Å². The van der Waals surface area contributed by atoms with Crippen LogP contribution in [0.25, 0.3) is 0 Å². The van der Waals surface area contributed by atoms with Gasteiger partial charge in [0.05, 0.1) is 0 Å². The third-order valence-electron chi connectivity index (χ3n) is 13.4. The van der Waals surface area contributed by atoms with Crippen LogP contribution in [-0.2, 0) is 23.9 Å². The smallest absolute Gasteiger partial charge is 0.303 e. The summed E-state index contributed by atoms with van der Waals surface area (Å²) in [6.07, 6.45) is 9.94. The van der Waals surface area contributed by atoms with Crippen LogP contribution >= 0.6 is 0 Å². The van der Waals surface area contributed by atoms with Gasteiger partial charge in [-0.15, -0.1) is 0 Å². The molecule has 0 unspecified atom stereocenters. The minimum Gasteiger partial charge on any atom is -0.458 e. The van der Waals surface area contributed by atoms with Gasteiger partial charge in [-0.2, -0.15) is 0 Å². The lowest BCUT2D eigenvalue weighted by molar-refractivity contribution is -0.187. The third kappa shape index (κ3) is 3.54. The lowest BCUT2D eigenvalue weighted by Gasteiger charge is -2.70. The lowest BCUT2D eigenvalue weighted by atomic mass is 9.33. The van der Waals surface area contributed by atoms with E-state index >= 15 is 0 Å². The monoisotopic (exact) mass is 524 g/mol. The molecule has 0 heterocycles. The molecule has 5 aliphatic rings. The number of ether oxygens (including phenoxy) is 1. The maximum Gasteiger partial charge on any atom is 0.303 e. The molecule has 0 aromatic rings. The summed E-state index contributed by atoms with van der Waals surface area (Å²) in [7, 11) is 0. The first-order chi connectivity index (χ1) is 17.4. The van der Waals surface area contributed by atoms with E-state index in [4.69, 9.17) is 4.74 Å². The zero-order chi connectivity index (χ0) is 28.1. The average molecular weight is 525 g/mol. The molecule has 5 nitrogen and oxygen atoms in total. The standard InChI is InChI=1S/C33H48O5/c1-20(34)38-19-26(37)30(5)14-13-29(4)15-16-32(7)21(22(29)18-30)17-23(35)27-31(6)11-10-25(36)28(2,3)24(31)9-12-33(27,32)8/h17,22,24,27H,9-16,18-19H2,1-8H3/t22-,24-,27-,29+,30-,31-,32+,33-/m0/s1. The molecule has 0 aromatic heterocycles. The Kier molecular flexibility index (Phi) is 6.11. The Morgan fingerprint density at radius 2 is 1.58 bits per heavy atom. The van der Waals surface area contributed by atoms with Crippen LogP contribution in [0.1, 0.15) is 113 Å². The van der Waals surface area contributed by atoms with Crippen molar-refractivity contribution in [3.63, 3.8) is 0 Å². The molecule has 0 amide bonds. The Balaban J connectivity index is 1.55. The molecule has 5 rings (SSSR count). The van der Waals surface area contributed by atoms with Gasteiger partial charge in [0, 0.05) is 30.1 Å². The van der Waals surface area contributed by atoms with E-state index in [9.17, 15) is 19.2 Å². The first-order valence-corrected chi connectivity index (χ1v) is 14.9. The second-order valence-corrected chi connectivity index (χ2v) is 15.6. The maximum absolute atomic E-state index is 14.3. The summed E-state index contributed by atoms with van der Waals surface area (Å²) in [6.45, 7) is 16.9. The Labute approximate surface area is 228 Å². The van der Waals surface area contributed by atoms with Crippen LogP contribution in [0.2, 0.25) is 0 Å². The van der Waals surface area contributed by atoms with Crippen LogP contribution in [0.4, 0.5) is 0 Å². The molecule has 0 aromatic carbocycles. The predicted octanol–water partition coefficient (Wildman–Crippen LogP) is 6.67. The Morgan fingerprint density at radius 3 is 2.24 bits per heavy atom. The van der Waals surface area contributed by atoms with Gasteiger partial charge in [-0.05, 0) is 90.9 Å². The minimum absolute atomic E-state index is 0.00373. The van der Waals surface area contributed by atoms with Crippen LogP contribution in [0, 0.1) is 50.2 Å². The van der Waals surface area contributed by atoms with Crippen LogP contribution in [0.5, 0.6) is 0 Å². The number of carbonyl (C=O) groups excluding carboxylic acids is 4. The second kappa shape index (κ2) is 8.36. The summed E-state index contributed by atoms with van der Waals surface area (Å²) in [4.78, 5) is 52.0. The van der Waals surface area contributed by atoms with E-state index < -0.39 is 16.8 Å². The van der Waals surface area contributed by atoms with Crippen LogP contribution in [0.3, 0.4) is 0 Å². The first-order valence-electron chi connectivity index (χ1n) is 14.9. The van der Waals surface area contributed by atoms with E-state index in [1.807, 2.05) is 13.0 Å². The molecule has 5 heteroatoms. The van der Waals surface area contributed by atoms with Crippen molar-refractivity contribution in [2.75, 3.05) is 6.61 Å². The number of hydrogen-bond donors (Lipinski definition) is 0. The van der Waals surface area contributed by atoms with Crippen LogP contribution in [-0.4, -0.2) is 29.9 Å². The zero-order valence-electron chi connectivity index (χ0n) is 24.9. The summed E-state index contributed by atoms with van der Waals surface area (Å²) < 4.78 is 5.12. The first kappa shape index (κ1) is 27.8. The van der Waals surface area contributed by atoms with Gasteiger partial charge in [0.1, 0.15) is 5.78 Å². The van der Waals surface area contributed by atoms with E-state index in [0.717, 1.165) is 44.9 Å². The summed E-state index contributed by atoms with van der Waals surface area (Å²) in [5, 5.41) is 0. The van der Waals surface area contributed by atoms with Crippen molar-refractivity contribution < 1.29 is 23.9 Å². The molecule has 0 bridgehead atoms. The van der Waals surface area contributed by atoms with E-state index in [-0.39, 0.29) is 57.6 Å². The number of rotatable bonds is 3. The van der Waals surface area contributed by atoms with Crippen LogP contribution in [0.15, 0.2) is 11.6 Å². The molecule has 4 saturated carbocycles. The predicted molar refractivity (Wildman–Crippen MR) is 146 cm³/mol. The molecule has 0 radical (unpaired) electrons. The Hall–Kier alpha value is -1.78. The van der Waals surface area contributed by atoms with E-state index in [1.165, 1.54) is 12.5 Å². The normalized spacial score (nSPS) is 47.6. The molecule has 38 heavy (non-hydrogen) atoms. The Bertz CT molecular complexity index is 1130. The van der Waals surface area contributed by atoms with Crippen molar-refractivity contribution >= 4 is 23.3 Å². The van der Waals surface area contributed by atoms with E-state index in [0.29, 0.717) is 18.6 Å². The molecule has 0 N–H and O–H groups in total. The highest BCUT2D eigenvalue weighted by Crippen LogP contribution is 2.74. The van der Waals surface area contributed by atoms with Crippen molar-refractivity contribution in [2.24, 2.45) is 50.2 Å². The molecule has 0 saturated heterocycles. The molecule has 5 aliphatic carbocycles. The second-order valence-electron chi connectivity index (χ2n) is 15.6. The molecular weight excluding hydrogens is 476 g/mol. The summed E-state index contributed by atoms with van der Waals surface area (Å²) in [5.41, 5.74) is -0.0894. The van der Waals surface area contributed by atoms with Gasteiger partial charge in [-0.3, -0.25) is 19.2 Å². The van der Waals surface area contributed by atoms with Gasteiger partial charge in [-0.25, -0.2) is 0 Å². The fourth-order valence-electron chi connectivity index (χ4n) is 10.6. The van der Waals surface area contributed by atoms with Gasteiger partial charge in [0.15, 0.2) is 18.2 Å². The van der Waals surface area contributed by atoms with Crippen LogP contribution < -0.4 is 0 Å². The number of ketones is 3. The van der Waals surface area contributed by atoms with Gasteiger partial charge in [-0.1, -0.05) is 54.0 Å². The fraction of sp³-hybridized carbons (Fsp3) is 0.818. The molecule has 210 valence electrons. The molecular formula is C33H48O5. The van der Waals surface area contributed by atoms with Gasteiger partial charge in [0.25, 0.3) is 0 Å². The number of Topliss-reactive ketones (excluding diaryl/α,β-unsaturated/α-hetero) is 2. The molecule has 4 fully saturated rings. The summed E-state index contributed by atoms with van der Waals surface area (Å²) >= 11 is 0. The number of esters is 1. The van der Waals surface area contributed by atoms with E-state index in [1.54, 1.807) is 0 Å². The molecule has 0 spiro atoms. The summed E-state index contributed by atoms with van der Waals surface area (Å²) in [5.74, 6) is 0.475. The largest absolute Gasteiger partial charge is 0.458 e. The fourth-order valence-corrected chi connectivity index (χ4v) is 10.6. The number of allylic oxidation sites excluding steroid dienone is 2. The highest BCUT2D eigenvalue weighted by Gasteiger charge is 2.70. The number of fused-ring (bicyclic) bond motifs is 7. The van der Waals surface area contributed by atoms with Gasteiger partial charge >= 0.3 is 5.97 Å². The Morgan fingerprint density at radius 1 is 0.921 bits per heavy atom. The number of hydrogen-bond acceptors (Lipinski definition) is 5. The quantitative estimate of drug-likeness (QED) is 0.385. The molecule has 0 aliphatic heterocycles. The zero-order valence-corrected chi connectivity index (χ0v) is 24.9. The van der Waals surface area contributed by atoms with Crippen molar-refractivity contribution in [3.8, 4) is 0 Å². The number of carbonyl (C=O) groups is 4. The van der Waals surface area contributed by atoms with Crippen molar-refractivity contribution in [2.45, 2.75) is 113 Å². The minimum atomic E-state index is -0.559. The van der Waals surface area contributed by atoms with Gasteiger partial charge < -0.3 is 4.74 Å². The highest BCUT2D eigenvalue weighted by molar-refractivity contribution is 5.96. The SMILES string of the molecule is CC(=O)OCC(=O)[C@@]1(C)CC[C@]2(C)CC[C@]3(C)C(=CC(=O)[C@H]4[C@@]5(C)CCC(=O)C(C)(C)[C@@H]5CC[C@@]43C)[C@@H]2C1. The lowest BCUT2D eigenvalue weighted by Crippen LogP contribution is -2.66. The third-order valence-corrected chi connectivity index (χ3v) is 13.4. The maximum atomic E-state index is 14.3. The van der Waals surface area contributed by atoms with Crippen molar-refractivity contribution in [1.29, 1.82) is 0 Å². The van der Waals surface area contributed by atoms with Crippen molar-refractivity contribution in [3.05, 3.63) is 11.6 Å². The summed E-state index contributed by atoms with van der Waals surface area (Å²) in [6, 6.07) is 0.